The number of alkyl halides is 3. The fraction of sp³-hybridized carbons (Fsp3) is 0.286. The molecule has 0 aliphatic heterocycles. The summed E-state index contributed by atoms with van der Waals surface area (Å²) in [5.74, 6) is 0.335. The number of nitrogens with one attached hydrogen (secondary N) is 2. The molecule has 6 nitrogen and oxygen atoms in total. The Morgan fingerprint density at radius 2 is 1.88 bits per heavy atom. The first kappa shape index (κ1) is 23.9. The first-order chi connectivity index (χ1) is 15.2. The van der Waals surface area contributed by atoms with Gasteiger partial charge in [-0.05, 0) is 50.2 Å². The van der Waals surface area contributed by atoms with Crippen LogP contribution < -0.4 is 10.6 Å². The minimum absolute atomic E-state index is 0.186. The summed E-state index contributed by atoms with van der Waals surface area (Å²) in [6, 6.07) is 11.8. The first-order valence-corrected chi connectivity index (χ1v) is 11.0. The molecule has 0 fully saturated rings. The van der Waals surface area contributed by atoms with Crippen LogP contribution in [0.1, 0.15) is 25.2 Å². The molecular formula is C21H21ClF3N5OS. The van der Waals surface area contributed by atoms with Gasteiger partial charge in [-0.15, -0.1) is 10.2 Å². The molecule has 1 atom stereocenters. The van der Waals surface area contributed by atoms with Gasteiger partial charge in [-0.25, -0.2) is 0 Å². The van der Waals surface area contributed by atoms with Crippen molar-refractivity contribution in [2.75, 3.05) is 10.6 Å². The van der Waals surface area contributed by atoms with Crippen LogP contribution in [0.15, 0.2) is 53.7 Å². The van der Waals surface area contributed by atoms with Crippen molar-refractivity contribution in [2.45, 2.75) is 43.5 Å². The zero-order chi connectivity index (χ0) is 23.3. The molecule has 0 saturated carbocycles. The van der Waals surface area contributed by atoms with E-state index in [1.807, 2.05) is 11.5 Å². The molecule has 2 aromatic carbocycles. The molecule has 0 spiro atoms. The third-order valence-corrected chi connectivity index (χ3v) is 5.81. The molecule has 3 rings (SSSR count). The monoisotopic (exact) mass is 483 g/mol. The van der Waals surface area contributed by atoms with Crippen LogP contribution in [0, 0.1) is 0 Å². The summed E-state index contributed by atoms with van der Waals surface area (Å²) >= 11 is 7.19. The maximum atomic E-state index is 12.9. The fourth-order valence-electron chi connectivity index (χ4n) is 2.86. The van der Waals surface area contributed by atoms with Gasteiger partial charge in [-0.3, -0.25) is 4.79 Å². The van der Waals surface area contributed by atoms with E-state index in [1.165, 1.54) is 17.8 Å². The standard InChI is InChI=1S/C21H21ClF3N5OS/c1-3-30-18(12-26-16-8-4-6-14(10-16)21(23,24)25)28-29-20(30)32-13(2)19(31)27-17-9-5-7-15(22)11-17/h4-11,13,26H,3,12H2,1-2H3,(H,27,31)/t13-/m1/s1. The molecular weight excluding hydrogens is 463 g/mol. The van der Waals surface area contributed by atoms with Crippen LogP contribution in [-0.2, 0) is 24.1 Å². The van der Waals surface area contributed by atoms with Gasteiger partial charge in [0, 0.05) is 22.9 Å². The summed E-state index contributed by atoms with van der Waals surface area (Å²) in [5.41, 5.74) is 0.196. The van der Waals surface area contributed by atoms with E-state index in [1.54, 1.807) is 37.3 Å². The van der Waals surface area contributed by atoms with Crippen LogP contribution in [0.2, 0.25) is 5.02 Å². The SMILES string of the molecule is CCn1c(CNc2cccc(C(F)(F)F)c2)nnc1S[C@H](C)C(=O)Nc1cccc(Cl)c1. The molecule has 1 aromatic heterocycles. The summed E-state index contributed by atoms with van der Waals surface area (Å²) in [5, 5.41) is 14.6. The molecule has 1 heterocycles. The Morgan fingerprint density at radius 1 is 1.16 bits per heavy atom. The number of aromatic nitrogens is 3. The summed E-state index contributed by atoms with van der Waals surface area (Å²) < 4.78 is 40.5. The quantitative estimate of drug-likeness (QED) is 0.402. The van der Waals surface area contributed by atoms with Crippen LogP contribution in [0.3, 0.4) is 0 Å². The number of benzene rings is 2. The van der Waals surface area contributed by atoms with Crippen molar-refractivity contribution in [1.82, 2.24) is 14.8 Å². The average Bonchev–Trinajstić information content (AvgIpc) is 3.13. The number of rotatable bonds is 8. The second kappa shape index (κ2) is 10.3. The Labute approximate surface area is 192 Å². The van der Waals surface area contributed by atoms with Crippen LogP contribution in [0.4, 0.5) is 24.5 Å². The summed E-state index contributed by atoms with van der Waals surface area (Å²) in [7, 11) is 0. The lowest BCUT2D eigenvalue weighted by atomic mass is 10.2. The predicted molar refractivity (Wildman–Crippen MR) is 120 cm³/mol. The minimum Gasteiger partial charge on any atom is -0.378 e. The summed E-state index contributed by atoms with van der Waals surface area (Å²) in [6.07, 6.45) is -4.41. The highest BCUT2D eigenvalue weighted by Gasteiger charge is 2.30. The minimum atomic E-state index is -4.41. The van der Waals surface area contributed by atoms with Crippen molar-refractivity contribution in [1.29, 1.82) is 0 Å². The van der Waals surface area contributed by atoms with Crippen LogP contribution in [0.5, 0.6) is 0 Å². The topological polar surface area (TPSA) is 71.8 Å². The van der Waals surface area contributed by atoms with Gasteiger partial charge in [0.15, 0.2) is 11.0 Å². The van der Waals surface area contributed by atoms with Crippen molar-refractivity contribution in [3.8, 4) is 0 Å². The summed E-state index contributed by atoms with van der Waals surface area (Å²) in [4.78, 5) is 12.5. The lowest BCUT2D eigenvalue weighted by molar-refractivity contribution is -0.137. The predicted octanol–water partition coefficient (Wildman–Crippen LogP) is 5.70. The molecule has 2 N–H and O–H groups in total. The maximum absolute atomic E-state index is 12.9. The first-order valence-electron chi connectivity index (χ1n) is 9.73. The third-order valence-electron chi connectivity index (χ3n) is 4.49. The Hall–Kier alpha value is -2.72. The van der Waals surface area contributed by atoms with Gasteiger partial charge in [-0.2, -0.15) is 13.2 Å². The van der Waals surface area contributed by atoms with Crippen molar-refractivity contribution in [3.05, 3.63) is 64.9 Å². The van der Waals surface area contributed by atoms with Crippen LogP contribution in [0.25, 0.3) is 0 Å². The highest BCUT2D eigenvalue weighted by Crippen LogP contribution is 2.31. The molecule has 0 unspecified atom stereocenters. The molecule has 32 heavy (non-hydrogen) atoms. The van der Waals surface area contributed by atoms with Gasteiger partial charge in [0.2, 0.25) is 5.91 Å². The second-order valence-electron chi connectivity index (χ2n) is 6.83. The van der Waals surface area contributed by atoms with E-state index in [0.29, 0.717) is 33.9 Å². The van der Waals surface area contributed by atoms with Crippen molar-refractivity contribution in [2.24, 2.45) is 0 Å². The number of anilines is 2. The van der Waals surface area contributed by atoms with E-state index in [-0.39, 0.29) is 12.5 Å². The van der Waals surface area contributed by atoms with E-state index in [2.05, 4.69) is 20.8 Å². The smallest absolute Gasteiger partial charge is 0.378 e. The number of carbonyl (C=O) groups excluding carboxylic acids is 1. The van der Waals surface area contributed by atoms with Gasteiger partial charge in [0.1, 0.15) is 0 Å². The summed E-state index contributed by atoms with van der Waals surface area (Å²) in [6.45, 7) is 4.38. The van der Waals surface area contributed by atoms with E-state index in [0.717, 1.165) is 12.1 Å². The van der Waals surface area contributed by atoms with Gasteiger partial charge in [-0.1, -0.05) is 35.5 Å². The normalized spacial score (nSPS) is 12.4. The number of carbonyl (C=O) groups is 1. The van der Waals surface area contributed by atoms with Crippen molar-refractivity contribution >= 4 is 40.6 Å². The van der Waals surface area contributed by atoms with E-state index in [4.69, 9.17) is 11.6 Å². The van der Waals surface area contributed by atoms with Gasteiger partial charge in [0.25, 0.3) is 0 Å². The Balaban J connectivity index is 1.65. The highest BCUT2D eigenvalue weighted by molar-refractivity contribution is 8.00. The molecule has 0 bridgehead atoms. The molecule has 0 aliphatic carbocycles. The molecule has 0 saturated heterocycles. The van der Waals surface area contributed by atoms with Gasteiger partial charge in [0.05, 0.1) is 17.4 Å². The van der Waals surface area contributed by atoms with E-state index >= 15 is 0 Å². The second-order valence-corrected chi connectivity index (χ2v) is 8.58. The molecule has 3 aromatic rings. The van der Waals surface area contributed by atoms with E-state index < -0.39 is 17.0 Å². The van der Waals surface area contributed by atoms with Crippen molar-refractivity contribution in [3.63, 3.8) is 0 Å². The number of amides is 1. The van der Waals surface area contributed by atoms with E-state index in [9.17, 15) is 18.0 Å². The lowest BCUT2D eigenvalue weighted by Crippen LogP contribution is -2.23. The third kappa shape index (κ3) is 6.17. The van der Waals surface area contributed by atoms with Crippen molar-refractivity contribution < 1.29 is 18.0 Å². The molecule has 1 amide bonds. The fourth-order valence-corrected chi connectivity index (χ4v) is 3.99. The Kier molecular flexibility index (Phi) is 7.68. The highest BCUT2D eigenvalue weighted by atomic mass is 35.5. The molecule has 0 aliphatic rings. The number of halogens is 4. The zero-order valence-electron chi connectivity index (χ0n) is 17.3. The Morgan fingerprint density at radius 3 is 2.56 bits per heavy atom. The maximum Gasteiger partial charge on any atom is 0.416 e. The molecule has 0 radical (unpaired) electrons. The van der Waals surface area contributed by atoms with Crippen LogP contribution >= 0.6 is 23.4 Å². The number of hydrogen-bond donors (Lipinski definition) is 2. The number of hydrogen-bond acceptors (Lipinski definition) is 5. The van der Waals surface area contributed by atoms with Crippen LogP contribution in [-0.4, -0.2) is 25.9 Å². The molecule has 170 valence electrons. The number of thioether (sulfide) groups is 1. The largest absolute Gasteiger partial charge is 0.416 e. The Bertz CT molecular complexity index is 1090. The average molecular weight is 484 g/mol. The molecule has 11 heteroatoms. The van der Waals surface area contributed by atoms with Gasteiger partial charge >= 0.3 is 6.18 Å². The van der Waals surface area contributed by atoms with Gasteiger partial charge < -0.3 is 15.2 Å². The lowest BCUT2D eigenvalue weighted by Gasteiger charge is -2.13. The number of nitrogens with zero attached hydrogens (tertiary/aromatic N) is 3. The zero-order valence-corrected chi connectivity index (χ0v) is 18.9.